The first-order valence-corrected chi connectivity index (χ1v) is 11.5. The average molecular weight is 468 g/mol. The van der Waals surface area contributed by atoms with E-state index >= 15 is 0 Å². The first-order valence-electron chi connectivity index (χ1n) is 10.3. The molecule has 3 nitrogen and oxygen atoms in total. The maximum Gasteiger partial charge on any atom is 0.251 e. The Labute approximate surface area is 195 Å². The van der Waals surface area contributed by atoms with Crippen molar-refractivity contribution in [1.29, 1.82) is 0 Å². The van der Waals surface area contributed by atoms with Gasteiger partial charge >= 0.3 is 0 Å². The zero-order valence-corrected chi connectivity index (χ0v) is 19.1. The number of aliphatic hydroxyl groups is 1. The molecule has 6 heteroatoms. The number of nitrogens with one attached hydrogen (secondary N) is 1. The second kappa shape index (κ2) is 9.41. The lowest BCUT2D eigenvalue weighted by Crippen LogP contribution is -2.42. The van der Waals surface area contributed by atoms with Crippen molar-refractivity contribution in [1.82, 2.24) is 5.32 Å². The van der Waals surface area contributed by atoms with Crippen molar-refractivity contribution in [2.75, 3.05) is 6.54 Å². The summed E-state index contributed by atoms with van der Waals surface area (Å²) < 4.78 is 14.8. The molecule has 4 rings (SSSR count). The molecule has 0 aliphatic carbocycles. The van der Waals surface area contributed by atoms with Crippen LogP contribution in [0.15, 0.2) is 72.8 Å². The van der Waals surface area contributed by atoms with Crippen LogP contribution in [-0.2, 0) is 12.8 Å². The monoisotopic (exact) mass is 467 g/mol. The summed E-state index contributed by atoms with van der Waals surface area (Å²) in [7, 11) is 0. The van der Waals surface area contributed by atoms with Crippen LogP contribution in [0.3, 0.4) is 0 Å². The van der Waals surface area contributed by atoms with Crippen LogP contribution >= 0.6 is 22.9 Å². The molecule has 0 bridgehead atoms. The largest absolute Gasteiger partial charge is 0.388 e. The minimum absolute atomic E-state index is 0.136. The molecule has 4 aromatic rings. The predicted octanol–water partition coefficient (Wildman–Crippen LogP) is 6.01. The summed E-state index contributed by atoms with van der Waals surface area (Å²) in [4.78, 5) is 13.4. The molecule has 1 heterocycles. The second-order valence-corrected chi connectivity index (χ2v) is 9.80. The summed E-state index contributed by atoms with van der Waals surface area (Å²) in [6.07, 6.45) is 0.977. The zero-order valence-electron chi connectivity index (χ0n) is 17.6. The van der Waals surface area contributed by atoms with E-state index in [0.29, 0.717) is 23.4 Å². The third-order valence-electron chi connectivity index (χ3n) is 5.21. The molecule has 0 radical (unpaired) electrons. The molecular formula is C26H23ClFNO2S. The van der Waals surface area contributed by atoms with E-state index < -0.39 is 5.60 Å². The van der Waals surface area contributed by atoms with Gasteiger partial charge in [0.05, 0.1) is 5.60 Å². The molecule has 1 unspecified atom stereocenters. The molecule has 32 heavy (non-hydrogen) atoms. The Balaban J connectivity index is 1.49. The van der Waals surface area contributed by atoms with E-state index in [9.17, 15) is 14.3 Å². The molecule has 0 fully saturated rings. The van der Waals surface area contributed by atoms with E-state index in [4.69, 9.17) is 11.6 Å². The molecule has 2 N–H and O–H groups in total. The van der Waals surface area contributed by atoms with Gasteiger partial charge in [0.1, 0.15) is 5.82 Å². The van der Waals surface area contributed by atoms with Gasteiger partial charge in [-0.2, -0.15) is 0 Å². The first kappa shape index (κ1) is 22.5. The normalized spacial score (nSPS) is 13.1. The minimum atomic E-state index is -1.11. The molecule has 1 aromatic heterocycles. The molecule has 0 aliphatic heterocycles. The number of amides is 1. The Bertz CT molecular complexity index is 1230. The SMILES string of the molecule is CC(O)(CNC(=O)c1ccccc1)Cc1cccc2cc(Cc3cc(F)cc(Cl)c3)sc12. The Kier molecular flexibility index (Phi) is 6.60. The fourth-order valence-electron chi connectivity index (χ4n) is 3.75. The van der Waals surface area contributed by atoms with Gasteiger partial charge in [0.15, 0.2) is 0 Å². The smallest absolute Gasteiger partial charge is 0.251 e. The molecule has 1 amide bonds. The Morgan fingerprint density at radius 1 is 1.09 bits per heavy atom. The standard InChI is InChI=1S/C26H23ClFNO2S/c1-26(31,16-29-25(30)18-6-3-2-4-7-18)15-20-9-5-8-19-13-23(32-24(19)20)12-17-10-21(27)14-22(28)11-17/h2-11,13-14,31H,12,15-16H2,1H3,(H,29,30). The second-order valence-electron chi connectivity index (χ2n) is 8.23. The van der Waals surface area contributed by atoms with Crippen LogP contribution in [0.2, 0.25) is 5.02 Å². The van der Waals surface area contributed by atoms with E-state index in [-0.39, 0.29) is 18.3 Å². The highest BCUT2D eigenvalue weighted by molar-refractivity contribution is 7.19. The van der Waals surface area contributed by atoms with Crippen molar-refractivity contribution in [3.8, 4) is 0 Å². The van der Waals surface area contributed by atoms with Gasteiger partial charge in [0, 0.05) is 39.5 Å². The van der Waals surface area contributed by atoms with Crippen LogP contribution in [0.5, 0.6) is 0 Å². The third kappa shape index (κ3) is 5.54. The molecule has 0 saturated carbocycles. The highest BCUT2D eigenvalue weighted by Crippen LogP contribution is 2.32. The topological polar surface area (TPSA) is 49.3 Å². The van der Waals surface area contributed by atoms with Gasteiger partial charge in [0.25, 0.3) is 5.91 Å². The van der Waals surface area contributed by atoms with Crippen molar-refractivity contribution in [3.05, 3.63) is 105 Å². The van der Waals surface area contributed by atoms with Gasteiger partial charge < -0.3 is 10.4 Å². The quantitative estimate of drug-likeness (QED) is 0.350. The minimum Gasteiger partial charge on any atom is -0.388 e. The van der Waals surface area contributed by atoms with Crippen molar-refractivity contribution in [3.63, 3.8) is 0 Å². The molecule has 1 atom stereocenters. The van der Waals surface area contributed by atoms with Crippen LogP contribution in [0.25, 0.3) is 10.1 Å². The molecular weight excluding hydrogens is 445 g/mol. The van der Waals surface area contributed by atoms with Crippen molar-refractivity contribution in [2.45, 2.75) is 25.4 Å². The highest BCUT2D eigenvalue weighted by atomic mass is 35.5. The van der Waals surface area contributed by atoms with Crippen LogP contribution in [-0.4, -0.2) is 23.2 Å². The number of fused-ring (bicyclic) bond motifs is 1. The predicted molar refractivity (Wildman–Crippen MR) is 129 cm³/mol. The van der Waals surface area contributed by atoms with Gasteiger partial charge in [-0.25, -0.2) is 4.39 Å². The lowest BCUT2D eigenvalue weighted by atomic mass is 9.95. The average Bonchev–Trinajstić information content (AvgIpc) is 3.15. The van der Waals surface area contributed by atoms with E-state index in [0.717, 1.165) is 26.1 Å². The van der Waals surface area contributed by atoms with E-state index in [2.05, 4.69) is 11.4 Å². The number of benzene rings is 3. The van der Waals surface area contributed by atoms with Crippen molar-refractivity contribution >= 4 is 38.9 Å². The molecule has 3 aromatic carbocycles. The Morgan fingerprint density at radius 2 is 1.88 bits per heavy atom. The number of halogens is 2. The van der Waals surface area contributed by atoms with E-state index in [1.807, 2.05) is 24.3 Å². The van der Waals surface area contributed by atoms with Crippen LogP contribution in [0, 0.1) is 5.82 Å². The van der Waals surface area contributed by atoms with Crippen molar-refractivity contribution in [2.24, 2.45) is 0 Å². The number of carbonyl (C=O) groups excluding carboxylic acids is 1. The third-order valence-corrected chi connectivity index (χ3v) is 6.66. The molecule has 0 spiro atoms. The van der Waals surface area contributed by atoms with Crippen molar-refractivity contribution < 1.29 is 14.3 Å². The summed E-state index contributed by atoms with van der Waals surface area (Å²) in [6.45, 7) is 1.86. The summed E-state index contributed by atoms with van der Waals surface area (Å²) >= 11 is 7.62. The van der Waals surface area contributed by atoms with Gasteiger partial charge in [-0.1, -0.05) is 48.0 Å². The van der Waals surface area contributed by atoms with Crippen LogP contribution in [0.4, 0.5) is 4.39 Å². The molecule has 0 aliphatic rings. The number of thiophene rings is 1. The Hall–Kier alpha value is -2.73. The lowest BCUT2D eigenvalue weighted by molar-refractivity contribution is 0.0555. The van der Waals surface area contributed by atoms with Crippen LogP contribution in [0.1, 0.15) is 33.3 Å². The summed E-state index contributed by atoms with van der Waals surface area (Å²) in [5.41, 5.74) is 1.28. The van der Waals surface area contributed by atoms with Gasteiger partial charge in [-0.15, -0.1) is 11.3 Å². The summed E-state index contributed by atoms with van der Waals surface area (Å²) in [5, 5.41) is 15.2. The van der Waals surface area contributed by atoms with E-state index in [1.165, 1.54) is 12.1 Å². The van der Waals surface area contributed by atoms with Gasteiger partial charge in [-0.05, 0) is 59.8 Å². The number of rotatable bonds is 7. The van der Waals surface area contributed by atoms with Crippen LogP contribution < -0.4 is 5.32 Å². The fraction of sp³-hybridized carbons (Fsp3) is 0.192. The molecule has 0 saturated heterocycles. The Morgan fingerprint density at radius 3 is 2.62 bits per heavy atom. The van der Waals surface area contributed by atoms with Gasteiger partial charge in [0.2, 0.25) is 0 Å². The van der Waals surface area contributed by atoms with E-state index in [1.54, 1.807) is 48.6 Å². The highest BCUT2D eigenvalue weighted by Gasteiger charge is 2.24. The number of hydrogen-bond acceptors (Lipinski definition) is 3. The molecule has 164 valence electrons. The summed E-state index contributed by atoms with van der Waals surface area (Å²) in [5.74, 6) is -0.556. The summed E-state index contributed by atoms with van der Waals surface area (Å²) in [6, 6.07) is 21.6. The number of hydrogen-bond donors (Lipinski definition) is 2. The zero-order chi connectivity index (χ0) is 22.7. The van der Waals surface area contributed by atoms with Gasteiger partial charge in [-0.3, -0.25) is 4.79 Å². The number of carbonyl (C=O) groups is 1. The maximum atomic E-state index is 13.7. The fourth-order valence-corrected chi connectivity index (χ4v) is 5.20. The first-order chi connectivity index (χ1) is 15.3. The lowest BCUT2D eigenvalue weighted by Gasteiger charge is -2.24. The maximum absolute atomic E-state index is 13.7.